The van der Waals surface area contributed by atoms with E-state index in [4.69, 9.17) is 4.74 Å². The average molecular weight is 423 g/mol. The summed E-state index contributed by atoms with van der Waals surface area (Å²) in [4.78, 5) is 19.0. The fourth-order valence-corrected chi connectivity index (χ4v) is 3.83. The van der Waals surface area contributed by atoms with Crippen LogP contribution >= 0.6 is 15.9 Å². The molecule has 0 aromatic heterocycles. The van der Waals surface area contributed by atoms with E-state index in [1.165, 1.54) is 6.07 Å². The van der Waals surface area contributed by atoms with Gasteiger partial charge >= 0.3 is 6.09 Å². The van der Waals surface area contributed by atoms with Crippen LogP contribution in [0.1, 0.15) is 52.5 Å². The molecule has 0 spiro atoms. The van der Waals surface area contributed by atoms with Gasteiger partial charge in [-0.2, -0.15) is 0 Å². The van der Waals surface area contributed by atoms with Crippen molar-refractivity contribution >= 4 is 33.3 Å². The minimum atomic E-state index is -0.536. The first-order valence-corrected chi connectivity index (χ1v) is 9.67. The van der Waals surface area contributed by atoms with Crippen molar-refractivity contribution in [2.75, 3.05) is 0 Å². The van der Waals surface area contributed by atoms with Gasteiger partial charge in [0, 0.05) is 34.4 Å². The highest BCUT2D eigenvalue weighted by atomic mass is 79.9. The Morgan fingerprint density at radius 1 is 1.35 bits per heavy atom. The highest BCUT2D eigenvalue weighted by Crippen LogP contribution is 2.34. The molecule has 0 bridgehead atoms. The smallest absolute Gasteiger partial charge is 0.411 e. The predicted octanol–water partition coefficient (Wildman–Crippen LogP) is 5.56. The molecule has 1 aromatic rings. The molecule has 0 saturated carbocycles. The molecule has 1 saturated heterocycles. The van der Waals surface area contributed by atoms with E-state index in [-0.39, 0.29) is 24.0 Å². The molecule has 2 aliphatic rings. The van der Waals surface area contributed by atoms with Crippen LogP contribution in [-0.2, 0) is 4.74 Å². The molecule has 1 amide bonds. The second-order valence-electron chi connectivity index (χ2n) is 7.91. The summed E-state index contributed by atoms with van der Waals surface area (Å²) in [6.45, 7) is 7.62. The summed E-state index contributed by atoms with van der Waals surface area (Å²) in [6.07, 6.45) is 3.72. The summed E-state index contributed by atoms with van der Waals surface area (Å²) < 4.78 is 20.5. The van der Waals surface area contributed by atoms with E-state index in [9.17, 15) is 9.18 Å². The lowest BCUT2D eigenvalue weighted by molar-refractivity contribution is 0.0205. The normalized spacial score (nSPS) is 23.1. The van der Waals surface area contributed by atoms with Crippen molar-refractivity contribution in [1.29, 1.82) is 0 Å². The highest BCUT2D eigenvalue weighted by molar-refractivity contribution is 9.10. The van der Waals surface area contributed by atoms with Crippen LogP contribution < -0.4 is 0 Å². The molecule has 4 nitrogen and oxygen atoms in total. The average Bonchev–Trinajstić information content (AvgIpc) is 3.12. The van der Waals surface area contributed by atoms with Crippen molar-refractivity contribution in [3.05, 3.63) is 40.3 Å². The molecule has 1 fully saturated rings. The Bertz CT molecular complexity index is 783. The number of amides is 1. The molecule has 0 N–H and O–H groups in total. The van der Waals surface area contributed by atoms with Crippen molar-refractivity contribution in [2.45, 2.75) is 64.6 Å². The van der Waals surface area contributed by atoms with Gasteiger partial charge < -0.3 is 4.74 Å². The second-order valence-corrected chi connectivity index (χ2v) is 8.82. The minimum absolute atomic E-state index is 0.0906. The van der Waals surface area contributed by atoms with Crippen LogP contribution in [0.25, 0.3) is 5.57 Å². The van der Waals surface area contributed by atoms with Crippen LogP contribution in [0, 0.1) is 5.82 Å². The van der Waals surface area contributed by atoms with Crippen LogP contribution in [-0.4, -0.2) is 34.4 Å². The summed E-state index contributed by atoms with van der Waals surface area (Å²) >= 11 is 3.28. The third kappa shape index (κ3) is 4.00. The number of carbonyl (C=O) groups excluding carboxylic acids is 1. The van der Waals surface area contributed by atoms with Gasteiger partial charge in [0.25, 0.3) is 0 Å². The van der Waals surface area contributed by atoms with Crippen LogP contribution in [0.5, 0.6) is 0 Å². The maximum absolute atomic E-state index is 14.3. The summed E-state index contributed by atoms with van der Waals surface area (Å²) in [5, 5.41) is 0. The van der Waals surface area contributed by atoms with Crippen molar-refractivity contribution in [3.63, 3.8) is 0 Å². The largest absolute Gasteiger partial charge is 0.444 e. The number of halogens is 2. The lowest BCUT2D eigenvalue weighted by Gasteiger charge is -2.31. The molecule has 0 aliphatic carbocycles. The number of nitrogens with zero attached hydrogens (tertiary/aromatic N) is 2. The van der Waals surface area contributed by atoms with E-state index in [0.29, 0.717) is 16.5 Å². The quantitative estimate of drug-likeness (QED) is 0.625. The topological polar surface area (TPSA) is 41.9 Å². The lowest BCUT2D eigenvalue weighted by Crippen LogP contribution is -2.46. The van der Waals surface area contributed by atoms with Crippen LogP contribution in [0.4, 0.5) is 9.18 Å². The Kier molecular flexibility index (Phi) is 5.24. The number of ether oxygens (including phenoxy) is 1. The first kappa shape index (κ1) is 19.1. The molecule has 2 heterocycles. The Balaban J connectivity index is 1.75. The van der Waals surface area contributed by atoms with Crippen LogP contribution in [0.2, 0.25) is 0 Å². The van der Waals surface area contributed by atoms with E-state index in [1.54, 1.807) is 17.2 Å². The van der Waals surface area contributed by atoms with Crippen molar-refractivity contribution in [3.8, 4) is 0 Å². The molecule has 1 aromatic carbocycles. The SMILES string of the molecule is C[C@H]1CC[C@@H](C2=NC=C(c3ccc(Br)cc3F)C2)N1C(=O)OC(C)(C)C. The molecule has 140 valence electrons. The van der Waals surface area contributed by atoms with Gasteiger partial charge in [-0.25, -0.2) is 9.18 Å². The van der Waals surface area contributed by atoms with Crippen molar-refractivity contribution in [1.82, 2.24) is 4.90 Å². The first-order valence-electron chi connectivity index (χ1n) is 8.88. The maximum atomic E-state index is 14.3. The highest BCUT2D eigenvalue weighted by Gasteiger charge is 2.40. The third-order valence-corrected chi connectivity index (χ3v) is 5.19. The second kappa shape index (κ2) is 7.14. The molecular weight excluding hydrogens is 399 g/mol. The zero-order valence-electron chi connectivity index (χ0n) is 15.6. The minimum Gasteiger partial charge on any atom is -0.444 e. The number of likely N-dealkylation sites (tertiary alicyclic amines) is 1. The standard InChI is InChI=1S/C20H24BrFN2O2/c1-12-5-8-18(24(12)19(25)26-20(2,3)4)17-9-13(11-23-17)15-7-6-14(21)10-16(15)22/h6-7,10-12,18H,5,8-9H2,1-4H3/t12-,18-/m0/s1. The van der Waals surface area contributed by atoms with Gasteiger partial charge in [-0.1, -0.05) is 22.0 Å². The van der Waals surface area contributed by atoms with E-state index >= 15 is 0 Å². The van der Waals surface area contributed by atoms with E-state index in [2.05, 4.69) is 20.9 Å². The number of hydrogen-bond acceptors (Lipinski definition) is 3. The molecule has 2 aliphatic heterocycles. The van der Waals surface area contributed by atoms with E-state index < -0.39 is 5.60 Å². The van der Waals surface area contributed by atoms with Gasteiger partial charge in [0.05, 0.1) is 6.04 Å². The number of aliphatic imine (C=N–C) groups is 1. The Hall–Kier alpha value is -1.69. The maximum Gasteiger partial charge on any atom is 0.411 e. The lowest BCUT2D eigenvalue weighted by atomic mass is 9.98. The zero-order chi connectivity index (χ0) is 19.1. The van der Waals surface area contributed by atoms with Gasteiger partial charge in [-0.3, -0.25) is 9.89 Å². The van der Waals surface area contributed by atoms with Gasteiger partial charge in [-0.05, 0) is 58.2 Å². The van der Waals surface area contributed by atoms with Gasteiger partial charge in [-0.15, -0.1) is 0 Å². The molecule has 0 unspecified atom stereocenters. The molecular formula is C20H24BrFN2O2. The van der Waals surface area contributed by atoms with E-state index in [0.717, 1.165) is 24.1 Å². The zero-order valence-corrected chi connectivity index (χ0v) is 17.1. The molecule has 3 rings (SSSR count). The Morgan fingerprint density at radius 3 is 2.73 bits per heavy atom. The summed E-state index contributed by atoms with van der Waals surface area (Å²) in [5.41, 5.74) is 1.76. The third-order valence-electron chi connectivity index (χ3n) is 4.69. The van der Waals surface area contributed by atoms with Crippen LogP contribution in [0.3, 0.4) is 0 Å². The molecule has 0 radical (unpaired) electrons. The molecule has 6 heteroatoms. The molecule has 26 heavy (non-hydrogen) atoms. The summed E-state index contributed by atoms with van der Waals surface area (Å²) in [7, 11) is 0. The summed E-state index contributed by atoms with van der Waals surface area (Å²) in [5.74, 6) is -0.272. The number of rotatable bonds is 2. The Morgan fingerprint density at radius 2 is 2.08 bits per heavy atom. The fraction of sp³-hybridized carbons (Fsp3) is 0.500. The molecule has 2 atom stereocenters. The number of allylic oxidation sites excluding steroid dienone is 1. The number of hydrogen-bond donors (Lipinski definition) is 0. The Labute approximate surface area is 162 Å². The summed E-state index contributed by atoms with van der Waals surface area (Å²) in [6, 6.07) is 5.05. The first-order chi connectivity index (χ1) is 12.2. The number of benzene rings is 1. The van der Waals surface area contributed by atoms with Gasteiger partial charge in [0.15, 0.2) is 0 Å². The van der Waals surface area contributed by atoms with Crippen LogP contribution in [0.15, 0.2) is 33.9 Å². The van der Waals surface area contributed by atoms with Crippen molar-refractivity contribution < 1.29 is 13.9 Å². The predicted molar refractivity (Wildman–Crippen MR) is 105 cm³/mol. The van der Waals surface area contributed by atoms with E-state index in [1.807, 2.05) is 33.8 Å². The number of carbonyl (C=O) groups is 1. The monoisotopic (exact) mass is 422 g/mol. The van der Waals surface area contributed by atoms with Gasteiger partial charge in [0.1, 0.15) is 11.4 Å². The van der Waals surface area contributed by atoms with Crippen molar-refractivity contribution in [2.24, 2.45) is 4.99 Å². The fourth-order valence-electron chi connectivity index (χ4n) is 3.50. The van der Waals surface area contributed by atoms with Gasteiger partial charge in [0.2, 0.25) is 0 Å².